The number of fused-ring (bicyclic) bond motifs is 1. The summed E-state index contributed by atoms with van der Waals surface area (Å²) in [6, 6.07) is 5.71. The van der Waals surface area contributed by atoms with Crippen LogP contribution < -0.4 is 10.6 Å². The van der Waals surface area contributed by atoms with Gasteiger partial charge in [-0.15, -0.1) is 0 Å². The summed E-state index contributed by atoms with van der Waals surface area (Å²) in [4.78, 5) is 17.9. The van der Waals surface area contributed by atoms with Crippen molar-refractivity contribution in [3.8, 4) is 11.5 Å². The molecule has 2 atom stereocenters. The number of aromatic nitrogens is 3. The first-order chi connectivity index (χ1) is 13.0. The second-order valence-corrected chi connectivity index (χ2v) is 7.50. The third-order valence-corrected chi connectivity index (χ3v) is 5.22. The molecule has 2 N–H and O–H groups in total. The van der Waals surface area contributed by atoms with Crippen LogP contribution in [0, 0.1) is 5.92 Å². The van der Waals surface area contributed by atoms with Crippen molar-refractivity contribution in [1.29, 1.82) is 0 Å². The van der Waals surface area contributed by atoms with Crippen molar-refractivity contribution in [2.75, 3.05) is 13.1 Å². The van der Waals surface area contributed by atoms with Crippen LogP contribution in [-0.4, -0.2) is 39.8 Å². The van der Waals surface area contributed by atoms with Crippen LogP contribution in [0.25, 0.3) is 22.5 Å². The summed E-state index contributed by atoms with van der Waals surface area (Å²) in [5.41, 5.74) is 1.91. The van der Waals surface area contributed by atoms with Crippen molar-refractivity contribution in [3.05, 3.63) is 36.2 Å². The van der Waals surface area contributed by atoms with E-state index in [-0.39, 0.29) is 18.0 Å². The molecule has 7 nitrogen and oxygen atoms in total. The predicted octanol–water partition coefficient (Wildman–Crippen LogP) is 3.00. The summed E-state index contributed by atoms with van der Waals surface area (Å²) in [5.74, 6) is 0.977. The third-order valence-electron chi connectivity index (χ3n) is 5.22. The maximum Gasteiger partial charge on any atom is 0.252 e. The van der Waals surface area contributed by atoms with Gasteiger partial charge < -0.3 is 15.1 Å². The lowest BCUT2D eigenvalue weighted by Crippen LogP contribution is -2.50. The Kier molecular flexibility index (Phi) is 4.70. The third kappa shape index (κ3) is 3.35. The number of pyridine rings is 1. The number of hydrogen-bond acceptors (Lipinski definition) is 5. The van der Waals surface area contributed by atoms with Crippen LogP contribution >= 0.6 is 0 Å². The molecule has 3 aromatic rings. The molecule has 3 aromatic heterocycles. The van der Waals surface area contributed by atoms with Gasteiger partial charge >= 0.3 is 0 Å². The highest BCUT2D eigenvalue weighted by Gasteiger charge is 2.25. The van der Waals surface area contributed by atoms with Crippen molar-refractivity contribution < 1.29 is 9.21 Å². The fourth-order valence-corrected chi connectivity index (χ4v) is 3.56. The SMILES string of the molecule is CC1CCNCC1NC(=O)c1cc(-c2ccco2)nc2c1cnn2C(C)C. The van der Waals surface area contributed by atoms with Crippen LogP contribution in [0.2, 0.25) is 0 Å². The lowest BCUT2D eigenvalue weighted by Gasteiger charge is -2.30. The smallest absolute Gasteiger partial charge is 0.252 e. The Morgan fingerprint density at radius 2 is 2.30 bits per heavy atom. The van der Waals surface area contributed by atoms with E-state index in [1.54, 1.807) is 18.5 Å². The molecule has 0 spiro atoms. The number of amides is 1. The van der Waals surface area contributed by atoms with Gasteiger partial charge in [0.25, 0.3) is 5.91 Å². The van der Waals surface area contributed by atoms with Gasteiger partial charge in [-0.05, 0) is 50.9 Å². The van der Waals surface area contributed by atoms with Crippen molar-refractivity contribution in [3.63, 3.8) is 0 Å². The molecule has 4 heterocycles. The van der Waals surface area contributed by atoms with Crippen LogP contribution in [0.5, 0.6) is 0 Å². The first kappa shape index (κ1) is 17.7. The molecular weight excluding hydrogens is 342 g/mol. The molecule has 0 aromatic carbocycles. The molecule has 142 valence electrons. The van der Waals surface area contributed by atoms with Crippen LogP contribution in [0.1, 0.15) is 43.6 Å². The summed E-state index contributed by atoms with van der Waals surface area (Å²) in [5, 5.41) is 11.8. The normalized spacial score (nSPS) is 20.3. The van der Waals surface area contributed by atoms with E-state index in [1.165, 1.54) is 0 Å². The molecule has 0 saturated carbocycles. The Hall–Kier alpha value is -2.67. The lowest BCUT2D eigenvalue weighted by molar-refractivity contribution is 0.0917. The summed E-state index contributed by atoms with van der Waals surface area (Å²) in [7, 11) is 0. The lowest BCUT2D eigenvalue weighted by atomic mass is 9.94. The standard InChI is InChI=1S/C20H25N5O2/c1-12(2)25-19-15(10-22-25)14(9-16(23-19)18-5-4-8-27-18)20(26)24-17-11-21-7-6-13(17)3/h4-5,8-10,12-13,17,21H,6-7,11H2,1-3H3,(H,24,26). The fraction of sp³-hybridized carbons (Fsp3) is 0.450. The number of piperidine rings is 1. The Morgan fingerprint density at radius 3 is 3.00 bits per heavy atom. The number of rotatable bonds is 4. The van der Waals surface area contributed by atoms with Crippen molar-refractivity contribution in [2.24, 2.45) is 5.92 Å². The van der Waals surface area contributed by atoms with E-state index < -0.39 is 0 Å². The maximum absolute atomic E-state index is 13.1. The van der Waals surface area contributed by atoms with Crippen LogP contribution in [-0.2, 0) is 0 Å². The van der Waals surface area contributed by atoms with Crippen LogP contribution in [0.4, 0.5) is 0 Å². The van der Waals surface area contributed by atoms with Gasteiger partial charge in [-0.25, -0.2) is 9.67 Å². The molecule has 27 heavy (non-hydrogen) atoms. The molecular formula is C20H25N5O2. The summed E-state index contributed by atoms with van der Waals surface area (Å²) in [6.07, 6.45) is 4.39. The molecule has 0 aliphatic carbocycles. The first-order valence-electron chi connectivity index (χ1n) is 9.48. The largest absolute Gasteiger partial charge is 0.463 e. The van der Waals surface area contributed by atoms with Gasteiger partial charge in [0.2, 0.25) is 0 Å². The number of carbonyl (C=O) groups is 1. The van der Waals surface area contributed by atoms with Gasteiger partial charge in [0.1, 0.15) is 5.69 Å². The van der Waals surface area contributed by atoms with Gasteiger partial charge in [-0.3, -0.25) is 4.79 Å². The Labute approximate surface area is 158 Å². The number of carbonyl (C=O) groups excluding carboxylic acids is 1. The average Bonchev–Trinajstić information content (AvgIpc) is 3.32. The number of hydrogen-bond donors (Lipinski definition) is 2. The zero-order valence-corrected chi connectivity index (χ0v) is 15.9. The maximum atomic E-state index is 13.1. The highest BCUT2D eigenvalue weighted by molar-refractivity contribution is 6.06. The zero-order valence-electron chi connectivity index (χ0n) is 15.9. The number of furan rings is 1. The van der Waals surface area contributed by atoms with Crippen molar-refractivity contribution >= 4 is 16.9 Å². The fourth-order valence-electron chi connectivity index (χ4n) is 3.56. The number of nitrogens with one attached hydrogen (secondary N) is 2. The van der Waals surface area contributed by atoms with Crippen LogP contribution in [0.3, 0.4) is 0 Å². The molecule has 0 bridgehead atoms. The second kappa shape index (κ2) is 7.15. The molecule has 1 aliphatic heterocycles. The highest BCUT2D eigenvalue weighted by atomic mass is 16.3. The minimum absolute atomic E-state index is 0.0981. The van der Waals surface area contributed by atoms with Crippen LogP contribution in [0.15, 0.2) is 35.1 Å². The van der Waals surface area contributed by atoms with Gasteiger partial charge in [0, 0.05) is 18.6 Å². The van der Waals surface area contributed by atoms with E-state index in [1.807, 2.05) is 30.7 Å². The molecule has 1 fully saturated rings. The predicted molar refractivity (Wildman–Crippen MR) is 104 cm³/mol. The Balaban J connectivity index is 1.77. The quantitative estimate of drug-likeness (QED) is 0.740. The van der Waals surface area contributed by atoms with Crippen molar-refractivity contribution in [1.82, 2.24) is 25.4 Å². The Morgan fingerprint density at radius 1 is 1.44 bits per heavy atom. The molecule has 0 radical (unpaired) electrons. The van der Waals surface area contributed by atoms with E-state index in [2.05, 4.69) is 22.7 Å². The van der Waals surface area contributed by atoms with E-state index in [0.29, 0.717) is 28.6 Å². The van der Waals surface area contributed by atoms with E-state index >= 15 is 0 Å². The number of nitrogens with zero attached hydrogens (tertiary/aromatic N) is 3. The summed E-state index contributed by atoms with van der Waals surface area (Å²) < 4.78 is 7.35. The van der Waals surface area contributed by atoms with E-state index in [0.717, 1.165) is 24.9 Å². The van der Waals surface area contributed by atoms with Gasteiger partial charge in [-0.1, -0.05) is 6.92 Å². The monoisotopic (exact) mass is 367 g/mol. The average molecular weight is 367 g/mol. The molecule has 1 aliphatic rings. The summed E-state index contributed by atoms with van der Waals surface area (Å²) >= 11 is 0. The molecule has 4 rings (SSSR count). The zero-order chi connectivity index (χ0) is 19.0. The molecule has 1 amide bonds. The summed E-state index contributed by atoms with van der Waals surface area (Å²) in [6.45, 7) is 8.05. The molecule has 2 unspecified atom stereocenters. The first-order valence-corrected chi connectivity index (χ1v) is 9.48. The van der Waals surface area contributed by atoms with Gasteiger partial charge in [0.05, 0.1) is 23.4 Å². The van der Waals surface area contributed by atoms with Crippen molar-refractivity contribution in [2.45, 2.75) is 39.3 Å². The van der Waals surface area contributed by atoms with Gasteiger partial charge in [-0.2, -0.15) is 5.10 Å². The van der Waals surface area contributed by atoms with E-state index in [4.69, 9.17) is 9.40 Å². The molecule has 7 heteroatoms. The van der Waals surface area contributed by atoms with Gasteiger partial charge in [0.15, 0.2) is 11.4 Å². The van der Waals surface area contributed by atoms with E-state index in [9.17, 15) is 4.79 Å². The topological polar surface area (TPSA) is 85.0 Å². The highest BCUT2D eigenvalue weighted by Crippen LogP contribution is 2.27. The molecule has 1 saturated heterocycles. The second-order valence-electron chi connectivity index (χ2n) is 7.50. The minimum atomic E-state index is -0.0981. The minimum Gasteiger partial charge on any atom is -0.463 e. The Bertz CT molecular complexity index is 945.